The molecule has 0 saturated carbocycles. The van der Waals surface area contributed by atoms with Gasteiger partial charge < -0.3 is 4.90 Å². The standard InChI is InChI=1S/C21H25FN2O3S/c1-15(2)11-12-24-20-9-8-18(13-16(20)7-10-21(24)25)23-28(26,27)14-17-5-3-4-6-19(17)22/h3-6,8-9,13,15,23H,7,10-12,14H2,1-2H3. The van der Waals surface area contributed by atoms with E-state index in [1.54, 1.807) is 29.2 Å². The minimum Gasteiger partial charge on any atom is -0.312 e. The van der Waals surface area contributed by atoms with Gasteiger partial charge in [0, 0.05) is 29.9 Å². The summed E-state index contributed by atoms with van der Waals surface area (Å²) in [6, 6.07) is 11.0. The van der Waals surface area contributed by atoms with Gasteiger partial charge in [-0.15, -0.1) is 0 Å². The topological polar surface area (TPSA) is 66.5 Å². The van der Waals surface area contributed by atoms with Crippen molar-refractivity contribution in [3.63, 3.8) is 0 Å². The third kappa shape index (κ3) is 4.90. The van der Waals surface area contributed by atoms with Crippen LogP contribution in [0.5, 0.6) is 0 Å². The fourth-order valence-corrected chi connectivity index (χ4v) is 4.49. The Hall–Kier alpha value is -2.41. The molecular weight excluding hydrogens is 379 g/mol. The molecule has 1 amide bonds. The third-order valence-electron chi connectivity index (χ3n) is 4.79. The van der Waals surface area contributed by atoms with Crippen LogP contribution in [0.2, 0.25) is 0 Å². The molecule has 2 aromatic carbocycles. The van der Waals surface area contributed by atoms with Crippen molar-refractivity contribution >= 4 is 27.3 Å². The van der Waals surface area contributed by atoms with Crippen LogP contribution in [0, 0.1) is 11.7 Å². The maximum atomic E-state index is 13.8. The number of carbonyl (C=O) groups is 1. The minimum absolute atomic E-state index is 0.0982. The fraction of sp³-hybridized carbons (Fsp3) is 0.381. The predicted octanol–water partition coefficient (Wildman–Crippen LogP) is 4.09. The molecule has 5 nitrogen and oxygen atoms in total. The number of rotatable bonds is 7. The van der Waals surface area contributed by atoms with Crippen LogP contribution in [0.3, 0.4) is 0 Å². The first-order valence-corrected chi connectivity index (χ1v) is 11.1. The van der Waals surface area contributed by atoms with E-state index < -0.39 is 21.6 Å². The van der Waals surface area contributed by atoms with Crippen molar-refractivity contribution in [1.82, 2.24) is 0 Å². The Balaban J connectivity index is 1.78. The highest BCUT2D eigenvalue weighted by Gasteiger charge is 2.25. The van der Waals surface area contributed by atoms with Crippen molar-refractivity contribution in [2.45, 2.75) is 38.9 Å². The summed E-state index contributed by atoms with van der Waals surface area (Å²) in [5, 5.41) is 0. The highest BCUT2D eigenvalue weighted by molar-refractivity contribution is 7.91. The van der Waals surface area contributed by atoms with Gasteiger partial charge in [0.1, 0.15) is 5.82 Å². The number of nitrogens with zero attached hydrogens (tertiary/aromatic N) is 1. The largest absolute Gasteiger partial charge is 0.312 e. The number of carbonyl (C=O) groups excluding carboxylic acids is 1. The first-order chi connectivity index (χ1) is 13.2. The van der Waals surface area contributed by atoms with Crippen LogP contribution in [-0.4, -0.2) is 20.9 Å². The first kappa shape index (κ1) is 20.3. The maximum Gasteiger partial charge on any atom is 0.237 e. The van der Waals surface area contributed by atoms with Crippen molar-refractivity contribution in [3.8, 4) is 0 Å². The molecule has 2 aromatic rings. The van der Waals surface area contributed by atoms with Gasteiger partial charge in [-0.2, -0.15) is 0 Å². The molecule has 0 aliphatic carbocycles. The Morgan fingerprint density at radius 3 is 2.61 bits per heavy atom. The average molecular weight is 405 g/mol. The lowest BCUT2D eigenvalue weighted by Crippen LogP contribution is -2.36. The molecule has 28 heavy (non-hydrogen) atoms. The van der Waals surface area contributed by atoms with E-state index in [4.69, 9.17) is 0 Å². The van der Waals surface area contributed by atoms with Crippen LogP contribution in [0.15, 0.2) is 42.5 Å². The SMILES string of the molecule is CC(C)CCN1C(=O)CCc2cc(NS(=O)(=O)Cc3ccccc3F)ccc21. The van der Waals surface area contributed by atoms with Crippen molar-refractivity contribution in [2.24, 2.45) is 5.92 Å². The molecule has 0 spiro atoms. The molecule has 1 heterocycles. The number of nitrogens with one attached hydrogen (secondary N) is 1. The summed E-state index contributed by atoms with van der Waals surface area (Å²) in [6.07, 6.45) is 1.90. The molecule has 0 aromatic heterocycles. The highest BCUT2D eigenvalue weighted by Crippen LogP contribution is 2.31. The quantitative estimate of drug-likeness (QED) is 0.756. The monoisotopic (exact) mass is 404 g/mol. The Bertz CT molecular complexity index is 973. The summed E-state index contributed by atoms with van der Waals surface area (Å²) >= 11 is 0. The van der Waals surface area contributed by atoms with Crippen LogP contribution in [-0.2, 0) is 27.0 Å². The number of benzene rings is 2. The van der Waals surface area contributed by atoms with E-state index in [2.05, 4.69) is 18.6 Å². The summed E-state index contributed by atoms with van der Waals surface area (Å²) in [5.74, 6) is -0.392. The van der Waals surface area contributed by atoms with Crippen molar-refractivity contribution in [3.05, 3.63) is 59.4 Å². The summed E-state index contributed by atoms with van der Waals surface area (Å²) in [4.78, 5) is 14.1. The van der Waals surface area contributed by atoms with E-state index in [1.165, 1.54) is 18.2 Å². The van der Waals surface area contributed by atoms with Crippen LogP contribution in [0.1, 0.15) is 37.8 Å². The lowest BCUT2D eigenvalue weighted by atomic mass is 9.99. The summed E-state index contributed by atoms with van der Waals surface area (Å²) in [6.45, 7) is 4.88. The summed E-state index contributed by atoms with van der Waals surface area (Å²) < 4.78 is 41.2. The second kappa shape index (κ2) is 8.31. The number of aryl methyl sites for hydroxylation is 1. The van der Waals surface area contributed by atoms with Crippen molar-refractivity contribution in [1.29, 1.82) is 0 Å². The zero-order chi connectivity index (χ0) is 20.3. The van der Waals surface area contributed by atoms with E-state index in [-0.39, 0.29) is 11.5 Å². The molecule has 0 unspecified atom stereocenters. The van der Waals surface area contributed by atoms with E-state index in [0.29, 0.717) is 31.0 Å². The smallest absolute Gasteiger partial charge is 0.237 e. The number of sulfonamides is 1. The molecule has 1 N–H and O–H groups in total. The van der Waals surface area contributed by atoms with Gasteiger partial charge in [0.25, 0.3) is 0 Å². The summed E-state index contributed by atoms with van der Waals surface area (Å²) in [5.41, 5.74) is 2.33. The second-order valence-corrected chi connectivity index (χ2v) is 9.25. The molecule has 3 rings (SSSR count). The van der Waals surface area contributed by atoms with E-state index in [9.17, 15) is 17.6 Å². The molecule has 0 atom stereocenters. The predicted molar refractivity (Wildman–Crippen MR) is 109 cm³/mol. The van der Waals surface area contributed by atoms with E-state index in [0.717, 1.165) is 17.7 Å². The number of fused-ring (bicyclic) bond motifs is 1. The van der Waals surface area contributed by atoms with Gasteiger partial charge in [0.05, 0.1) is 5.75 Å². The molecule has 150 valence electrons. The van der Waals surface area contributed by atoms with Gasteiger partial charge in [-0.25, -0.2) is 12.8 Å². The molecule has 0 saturated heterocycles. The highest BCUT2D eigenvalue weighted by atomic mass is 32.2. The van der Waals surface area contributed by atoms with Crippen LogP contribution < -0.4 is 9.62 Å². The molecule has 0 fully saturated rings. The molecule has 1 aliphatic heterocycles. The second-order valence-electron chi connectivity index (χ2n) is 7.52. The van der Waals surface area contributed by atoms with Gasteiger partial charge in [-0.1, -0.05) is 32.0 Å². The lowest BCUT2D eigenvalue weighted by Gasteiger charge is -2.30. The summed E-state index contributed by atoms with van der Waals surface area (Å²) in [7, 11) is -3.75. The van der Waals surface area contributed by atoms with Crippen LogP contribution in [0.25, 0.3) is 0 Å². The molecule has 0 bridgehead atoms. The van der Waals surface area contributed by atoms with Gasteiger partial charge in [-0.3, -0.25) is 9.52 Å². The van der Waals surface area contributed by atoms with Crippen molar-refractivity contribution < 1.29 is 17.6 Å². The fourth-order valence-electron chi connectivity index (χ4n) is 3.29. The number of amides is 1. The number of hydrogen-bond donors (Lipinski definition) is 1. The van der Waals surface area contributed by atoms with Gasteiger partial charge in [0.2, 0.25) is 15.9 Å². The first-order valence-electron chi connectivity index (χ1n) is 9.42. The molecular formula is C21H25FN2O3S. The zero-order valence-corrected chi connectivity index (χ0v) is 16.9. The van der Waals surface area contributed by atoms with E-state index in [1.807, 2.05) is 0 Å². The molecule has 7 heteroatoms. The van der Waals surface area contributed by atoms with Gasteiger partial charge in [0.15, 0.2) is 0 Å². The zero-order valence-electron chi connectivity index (χ0n) is 16.1. The van der Waals surface area contributed by atoms with Gasteiger partial charge in [-0.05, 0) is 48.6 Å². The molecule has 0 radical (unpaired) electrons. The number of anilines is 2. The normalized spacial score (nSPS) is 14.3. The Kier molecular flexibility index (Phi) is 6.03. The lowest BCUT2D eigenvalue weighted by molar-refractivity contribution is -0.118. The third-order valence-corrected chi connectivity index (χ3v) is 6.02. The number of hydrogen-bond acceptors (Lipinski definition) is 3. The number of halogens is 1. The van der Waals surface area contributed by atoms with Gasteiger partial charge >= 0.3 is 0 Å². The molecule has 1 aliphatic rings. The average Bonchev–Trinajstić information content (AvgIpc) is 2.62. The Morgan fingerprint density at radius 2 is 1.89 bits per heavy atom. The van der Waals surface area contributed by atoms with Crippen LogP contribution in [0.4, 0.5) is 15.8 Å². The Morgan fingerprint density at radius 1 is 1.14 bits per heavy atom. The minimum atomic E-state index is -3.75. The van der Waals surface area contributed by atoms with Crippen molar-refractivity contribution in [2.75, 3.05) is 16.2 Å². The van der Waals surface area contributed by atoms with Crippen LogP contribution >= 0.6 is 0 Å². The maximum absolute atomic E-state index is 13.8. The Labute approximate surface area is 165 Å². The van der Waals surface area contributed by atoms with E-state index >= 15 is 0 Å².